The Labute approximate surface area is 217 Å². The molecule has 36 heavy (non-hydrogen) atoms. The Kier molecular flexibility index (Phi) is 8.76. The Morgan fingerprint density at radius 2 is 1.78 bits per heavy atom. The average molecular weight is 507 g/mol. The molecule has 1 amide bonds. The lowest BCUT2D eigenvalue weighted by molar-refractivity contribution is -0.146. The first-order chi connectivity index (χ1) is 17.5. The Bertz CT molecular complexity index is 1080. The molecule has 190 valence electrons. The van der Waals surface area contributed by atoms with Crippen molar-refractivity contribution in [2.45, 2.75) is 55.7 Å². The van der Waals surface area contributed by atoms with Crippen LogP contribution in [0.25, 0.3) is 0 Å². The molecular weight excluding hydrogens is 472 g/mol. The van der Waals surface area contributed by atoms with Gasteiger partial charge in [0.05, 0.1) is 23.3 Å². The van der Waals surface area contributed by atoms with Crippen molar-refractivity contribution in [3.8, 4) is 6.07 Å². The van der Waals surface area contributed by atoms with Crippen LogP contribution in [-0.4, -0.2) is 53.6 Å². The third-order valence-corrected chi connectivity index (χ3v) is 8.11. The Morgan fingerprint density at radius 3 is 2.33 bits per heavy atom. The lowest BCUT2D eigenvalue weighted by Gasteiger charge is -2.24. The van der Waals surface area contributed by atoms with E-state index in [1.807, 2.05) is 11.9 Å². The lowest BCUT2D eigenvalue weighted by atomic mass is 10.0. The number of thioether (sulfide) groups is 1. The molecule has 2 aromatic carbocycles. The number of esters is 1. The Morgan fingerprint density at radius 1 is 1.14 bits per heavy atom. The second-order valence-corrected chi connectivity index (χ2v) is 10.6. The van der Waals surface area contributed by atoms with Gasteiger partial charge in [-0.05, 0) is 68.0 Å². The summed E-state index contributed by atoms with van der Waals surface area (Å²) in [6.07, 6.45) is 3.89. The van der Waals surface area contributed by atoms with Gasteiger partial charge in [0.15, 0.2) is 0 Å². The maximum atomic E-state index is 13.1. The van der Waals surface area contributed by atoms with E-state index in [1.165, 1.54) is 11.1 Å². The van der Waals surface area contributed by atoms with Crippen molar-refractivity contribution in [3.05, 3.63) is 59.7 Å². The summed E-state index contributed by atoms with van der Waals surface area (Å²) in [5.41, 5.74) is 4.65. The van der Waals surface area contributed by atoms with Gasteiger partial charge in [0.1, 0.15) is 5.92 Å². The van der Waals surface area contributed by atoms with E-state index in [-0.39, 0.29) is 29.2 Å². The van der Waals surface area contributed by atoms with Crippen LogP contribution in [0.2, 0.25) is 0 Å². The molecule has 8 heteroatoms. The first-order valence-electron chi connectivity index (χ1n) is 12.7. The van der Waals surface area contributed by atoms with Crippen LogP contribution in [0.5, 0.6) is 0 Å². The van der Waals surface area contributed by atoms with Crippen LogP contribution in [0.15, 0.2) is 48.5 Å². The second kappa shape index (κ2) is 12.2. The van der Waals surface area contributed by atoms with Gasteiger partial charge in [0.25, 0.3) is 0 Å². The van der Waals surface area contributed by atoms with E-state index in [9.17, 15) is 14.9 Å². The van der Waals surface area contributed by atoms with Crippen molar-refractivity contribution in [2.24, 2.45) is 5.92 Å². The molecule has 1 saturated heterocycles. The first kappa shape index (κ1) is 25.9. The van der Waals surface area contributed by atoms with E-state index in [4.69, 9.17) is 4.74 Å². The van der Waals surface area contributed by atoms with E-state index < -0.39 is 11.9 Å². The van der Waals surface area contributed by atoms with Gasteiger partial charge in [-0.2, -0.15) is 5.26 Å². The normalized spacial score (nSPS) is 20.0. The fourth-order valence-corrected chi connectivity index (χ4v) is 6.09. The zero-order valence-corrected chi connectivity index (χ0v) is 21.7. The Hall–Kier alpha value is -3.18. The fraction of sp³-hybridized carbons (Fsp3) is 0.464. The number of nitrogens with one attached hydrogen (secondary N) is 2. The minimum Gasteiger partial charge on any atom is -0.465 e. The monoisotopic (exact) mass is 506 g/mol. The minimum atomic E-state index is -0.840. The summed E-state index contributed by atoms with van der Waals surface area (Å²) in [7, 11) is 1.92. The molecule has 1 aliphatic carbocycles. The molecule has 2 aliphatic rings. The van der Waals surface area contributed by atoms with Crippen molar-refractivity contribution in [1.82, 2.24) is 4.90 Å². The number of benzene rings is 2. The van der Waals surface area contributed by atoms with Crippen LogP contribution in [-0.2, 0) is 20.7 Å². The lowest BCUT2D eigenvalue weighted by Crippen LogP contribution is -2.38. The predicted octanol–water partition coefficient (Wildman–Crippen LogP) is 4.65. The standard InChI is InChI=1S/C28H34N4O3S/c1-3-35-28(34)21(18-29)17-26-32(24-12-13-24)27(33)25(36-26)14-15-31-23-10-6-20(7-11-23)16-19-4-8-22(30-2)9-5-19/h4-11,21,24-26,30-31H,3,12-17H2,1-2H3. The number of carbonyl (C=O) groups excluding carboxylic acids is 2. The van der Waals surface area contributed by atoms with Gasteiger partial charge in [0, 0.05) is 37.4 Å². The van der Waals surface area contributed by atoms with Crippen LogP contribution in [0.4, 0.5) is 11.4 Å². The van der Waals surface area contributed by atoms with Crippen molar-refractivity contribution in [2.75, 3.05) is 30.8 Å². The molecule has 3 atom stereocenters. The van der Waals surface area contributed by atoms with E-state index >= 15 is 0 Å². The molecule has 2 fully saturated rings. The number of nitriles is 1. The maximum Gasteiger partial charge on any atom is 0.323 e. The molecule has 0 aromatic heterocycles. The quantitative estimate of drug-likeness (QED) is 0.405. The predicted molar refractivity (Wildman–Crippen MR) is 144 cm³/mol. The molecule has 0 spiro atoms. The van der Waals surface area contributed by atoms with Crippen molar-refractivity contribution >= 4 is 35.0 Å². The molecule has 7 nitrogen and oxygen atoms in total. The van der Waals surface area contributed by atoms with E-state index in [0.717, 1.165) is 30.6 Å². The van der Waals surface area contributed by atoms with Crippen LogP contribution in [0.1, 0.15) is 43.7 Å². The van der Waals surface area contributed by atoms with Crippen molar-refractivity contribution in [1.29, 1.82) is 5.26 Å². The molecule has 1 aliphatic heterocycles. The van der Waals surface area contributed by atoms with Gasteiger partial charge in [-0.3, -0.25) is 9.59 Å². The SMILES string of the molecule is CCOC(=O)C(C#N)CC1SC(CCNc2ccc(Cc3ccc(NC)cc3)cc2)C(=O)N1C1CC1. The summed E-state index contributed by atoms with van der Waals surface area (Å²) in [5.74, 6) is -1.20. The minimum absolute atomic E-state index is 0.134. The molecular formula is C28H34N4O3S. The van der Waals surface area contributed by atoms with Gasteiger partial charge in [-0.25, -0.2) is 0 Å². The van der Waals surface area contributed by atoms with Crippen LogP contribution >= 0.6 is 11.8 Å². The molecule has 4 rings (SSSR count). The van der Waals surface area contributed by atoms with Gasteiger partial charge in [-0.1, -0.05) is 24.3 Å². The van der Waals surface area contributed by atoms with E-state index in [0.29, 0.717) is 19.4 Å². The number of hydrogen-bond donors (Lipinski definition) is 2. The number of nitrogens with zero attached hydrogens (tertiary/aromatic N) is 2. The summed E-state index contributed by atoms with van der Waals surface area (Å²) in [5, 5.41) is 15.7. The highest BCUT2D eigenvalue weighted by atomic mass is 32.2. The van der Waals surface area contributed by atoms with Crippen LogP contribution in [0.3, 0.4) is 0 Å². The van der Waals surface area contributed by atoms with Gasteiger partial charge in [-0.15, -0.1) is 11.8 Å². The number of hydrogen-bond acceptors (Lipinski definition) is 7. The molecule has 0 bridgehead atoms. The molecule has 1 saturated carbocycles. The summed E-state index contributed by atoms with van der Waals surface area (Å²) >= 11 is 1.59. The topological polar surface area (TPSA) is 94.5 Å². The van der Waals surface area contributed by atoms with Gasteiger partial charge >= 0.3 is 5.97 Å². The Balaban J connectivity index is 1.28. The molecule has 0 radical (unpaired) electrons. The number of amides is 1. The van der Waals surface area contributed by atoms with Gasteiger partial charge in [0.2, 0.25) is 5.91 Å². The molecule has 2 aromatic rings. The third kappa shape index (κ3) is 6.52. The van der Waals surface area contributed by atoms with E-state index in [1.54, 1.807) is 18.7 Å². The van der Waals surface area contributed by atoms with Crippen molar-refractivity contribution in [3.63, 3.8) is 0 Å². The van der Waals surface area contributed by atoms with Crippen LogP contribution in [0, 0.1) is 17.2 Å². The average Bonchev–Trinajstić information content (AvgIpc) is 3.68. The number of ether oxygens (including phenoxy) is 1. The largest absolute Gasteiger partial charge is 0.465 e. The maximum absolute atomic E-state index is 13.1. The van der Waals surface area contributed by atoms with Crippen molar-refractivity contribution < 1.29 is 14.3 Å². The van der Waals surface area contributed by atoms with E-state index in [2.05, 4.69) is 65.2 Å². The zero-order chi connectivity index (χ0) is 25.5. The zero-order valence-electron chi connectivity index (χ0n) is 20.9. The molecule has 3 unspecified atom stereocenters. The highest BCUT2D eigenvalue weighted by molar-refractivity contribution is 8.01. The second-order valence-electron chi connectivity index (χ2n) is 9.26. The number of carbonyl (C=O) groups is 2. The summed E-state index contributed by atoms with van der Waals surface area (Å²) < 4.78 is 5.05. The fourth-order valence-electron chi connectivity index (χ4n) is 4.51. The third-order valence-electron chi connectivity index (χ3n) is 6.61. The van der Waals surface area contributed by atoms with Gasteiger partial charge < -0.3 is 20.3 Å². The highest BCUT2D eigenvalue weighted by Crippen LogP contribution is 2.43. The smallest absolute Gasteiger partial charge is 0.323 e. The van der Waals surface area contributed by atoms with Crippen LogP contribution < -0.4 is 10.6 Å². The number of rotatable bonds is 12. The summed E-state index contributed by atoms with van der Waals surface area (Å²) in [6, 6.07) is 19.2. The highest BCUT2D eigenvalue weighted by Gasteiger charge is 2.47. The first-order valence-corrected chi connectivity index (χ1v) is 13.6. The summed E-state index contributed by atoms with van der Waals surface area (Å²) in [4.78, 5) is 27.2. The number of anilines is 2. The molecule has 1 heterocycles. The molecule has 2 N–H and O–H groups in total. The summed E-state index contributed by atoms with van der Waals surface area (Å²) in [6.45, 7) is 2.66.